The van der Waals surface area contributed by atoms with Crippen molar-refractivity contribution in [3.63, 3.8) is 0 Å². The second-order valence-corrected chi connectivity index (χ2v) is 6.08. The van der Waals surface area contributed by atoms with E-state index in [0.717, 1.165) is 12.8 Å². The lowest BCUT2D eigenvalue weighted by atomic mass is 9.97. The highest BCUT2D eigenvalue weighted by Gasteiger charge is 2.14. The molecule has 5 heteroatoms. The number of hydrogen-bond acceptors (Lipinski definition) is 1. The Morgan fingerprint density at radius 2 is 1.65 bits per heavy atom. The zero-order valence-corrected chi connectivity index (χ0v) is 12.9. The molecule has 0 atom stereocenters. The Balaban J connectivity index is 1.85. The van der Waals surface area contributed by atoms with Crippen molar-refractivity contribution in [3.8, 4) is 0 Å². The Hall–Kier alpha value is -0.930. The van der Waals surface area contributed by atoms with Crippen molar-refractivity contribution in [1.29, 1.82) is 0 Å². The predicted octanol–water partition coefficient (Wildman–Crippen LogP) is 5.23. The molecule has 3 nitrogen and oxygen atoms in total. The fourth-order valence-electron chi connectivity index (χ4n) is 2.53. The Morgan fingerprint density at radius 3 is 2.30 bits per heavy atom. The summed E-state index contributed by atoms with van der Waals surface area (Å²) in [6.45, 7) is 0. The van der Waals surface area contributed by atoms with Crippen LogP contribution in [0.4, 0.5) is 10.5 Å². The average Bonchev–Trinajstić information content (AvgIpc) is 2.37. The van der Waals surface area contributed by atoms with Gasteiger partial charge in [0.2, 0.25) is 0 Å². The van der Waals surface area contributed by atoms with Gasteiger partial charge in [0.1, 0.15) is 0 Å². The molecule has 0 unspecified atom stereocenters. The van der Waals surface area contributed by atoms with Crippen LogP contribution in [0.25, 0.3) is 0 Å². The molecular weight excluding hydrogens is 295 g/mol. The zero-order valence-electron chi connectivity index (χ0n) is 11.4. The summed E-state index contributed by atoms with van der Waals surface area (Å²) in [4.78, 5) is 12.0. The quantitative estimate of drug-likeness (QED) is 0.771. The summed E-state index contributed by atoms with van der Waals surface area (Å²) in [5.74, 6) is 0. The summed E-state index contributed by atoms with van der Waals surface area (Å²) in [6.07, 6.45) is 8.38. The molecule has 0 heterocycles. The van der Waals surface area contributed by atoms with Gasteiger partial charge in [-0.1, -0.05) is 55.3 Å². The van der Waals surface area contributed by atoms with Gasteiger partial charge in [-0.2, -0.15) is 0 Å². The van der Waals surface area contributed by atoms with Crippen molar-refractivity contribution >= 4 is 34.9 Å². The number of rotatable bonds is 2. The number of carbonyl (C=O) groups is 1. The Bertz CT molecular complexity index is 457. The van der Waals surface area contributed by atoms with E-state index < -0.39 is 0 Å². The first kappa shape index (κ1) is 15.5. The summed E-state index contributed by atoms with van der Waals surface area (Å²) in [6, 6.07) is 5.18. The van der Waals surface area contributed by atoms with E-state index in [0.29, 0.717) is 15.7 Å². The molecule has 0 spiro atoms. The van der Waals surface area contributed by atoms with Crippen LogP contribution < -0.4 is 10.6 Å². The minimum atomic E-state index is -0.172. The van der Waals surface area contributed by atoms with E-state index in [1.807, 2.05) is 0 Å². The fourth-order valence-corrected chi connectivity index (χ4v) is 2.83. The summed E-state index contributed by atoms with van der Waals surface area (Å²) in [5.41, 5.74) is 0.655. The predicted molar refractivity (Wildman–Crippen MR) is 84.7 cm³/mol. The molecule has 0 bridgehead atoms. The molecule has 1 aromatic carbocycles. The van der Waals surface area contributed by atoms with Gasteiger partial charge in [0.05, 0.1) is 10.0 Å². The van der Waals surface area contributed by atoms with Gasteiger partial charge in [-0.3, -0.25) is 0 Å². The van der Waals surface area contributed by atoms with Gasteiger partial charge in [0.25, 0.3) is 0 Å². The fraction of sp³-hybridized carbons (Fsp3) is 0.533. The maximum Gasteiger partial charge on any atom is 0.319 e. The smallest absolute Gasteiger partial charge is 0.319 e. The molecule has 110 valence electrons. The third-order valence-corrected chi connectivity index (χ3v) is 4.36. The number of carbonyl (C=O) groups excluding carboxylic acids is 1. The summed E-state index contributed by atoms with van der Waals surface area (Å²) >= 11 is 11.8. The minimum absolute atomic E-state index is 0.172. The Kier molecular flexibility index (Phi) is 5.99. The maximum atomic E-state index is 12.0. The van der Waals surface area contributed by atoms with Crippen LogP contribution in [0.2, 0.25) is 10.0 Å². The maximum absolute atomic E-state index is 12.0. The van der Waals surface area contributed by atoms with Crippen LogP contribution in [0, 0.1) is 0 Å². The summed E-state index contributed by atoms with van der Waals surface area (Å²) < 4.78 is 0. The van der Waals surface area contributed by atoms with Crippen LogP contribution in [0.3, 0.4) is 0 Å². The van der Waals surface area contributed by atoms with E-state index in [4.69, 9.17) is 23.2 Å². The summed E-state index contributed by atoms with van der Waals surface area (Å²) in [7, 11) is 0. The second-order valence-electron chi connectivity index (χ2n) is 5.27. The molecule has 1 saturated carbocycles. The van der Waals surface area contributed by atoms with Crippen LogP contribution in [-0.4, -0.2) is 12.1 Å². The second kappa shape index (κ2) is 7.75. The lowest BCUT2D eigenvalue weighted by Crippen LogP contribution is -2.38. The van der Waals surface area contributed by atoms with Gasteiger partial charge in [0.15, 0.2) is 0 Å². The normalized spacial score (nSPS) is 17.1. The highest BCUT2D eigenvalue weighted by atomic mass is 35.5. The van der Waals surface area contributed by atoms with E-state index in [1.54, 1.807) is 18.2 Å². The summed E-state index contributed by atoms with van der Waals surface area (Å²) in [5, 5.41) is 6.77. The van der Waals surface area contributed by atoms with Gasteiger partial charge in [0, 0.05) is 11.7 Å². The molecule has 1 aliphatic rings. The van der Waals surface area contributed by atoms with Gasteiger partial charge in [-0.25, -0.2) is 4.79 Å². The van der Waals surface area contributed by atoms with E-state index in [9.17, 15) is 4.79 Å². The standard InChI is InChI=1S/C15H20Cl2N2O/c16-13-9-8-12(10-14(13)17)19-15(20)18-11-6-4-2-1-3-5-7-11/h8-11H,1-7H2,(H2,18,19,20). The molecule has 2 N–H and O–H groups in total. The van der Waals surface area contributed by atoms with Crippen LogP contribution in [0.1, 0.15) is 44.9 Å². The molecule has 0 saturated heterocycles. The molecule has 1 aromatic rings. The van der Waals surface area contributed by atoms with Gasteiger partial charge < -0.3 is 10.6 Å². The number of halogens is 2. The first-order chi connectivity index (χ1) is 9.65. The molecule has 0 radical (unpaired) electrons. The average molecular weight is 315 g/mol. The molecule has 1 fully saturated rings. The number of benzene rings is 1. The molecule has 0 aromatic heterocycles. The van der Waals surface area contributed by atoms with Crippen molar-refractivity contribution in [3.05, 3.63) is 28.2 Å². The third kappa shape index (κ3) is 4.88. The number of urea groups is 1. The van der Waals surface area contributed by atoms with Crippen molar-refractivity contribution in [2.24, 2.45) is 0 Å². The Labute approximate surface area is 130 Å². The molecule has 1 aliphatic carbocycles. The van der Waals surface area contributed by atoms with Crippen molar-refractivity contribution in [1.82, 2.24) is 5.32 Å². The van der Waals surface area contributed by atoms with E-state index in [1.165, 1.54) is 32.1 Å². The first-order valence-corrected chi connectivity index (χ1v) is 7.93. The van der Waals surface area contributed by atoms with E-state index in [2.05, 4.69) is 10.6 Å². The largest absolute Gasteiger partial charge is 0.335 e. The van der Waals surface area contributed by atoms with Crippen molar-refractivity contribution < 1.29 is 4.79 Å². The minimum Gasteiger partial charge on any atom is -0.335 e. The monoisotopic (exact) mass is 314 g/mol. The van der Waals surface area contributed by atoms with E-state index >= 15 is 0 Å². The van der Waals surface area contributed by atoms with Crippen molar-refractivity contribution in [2.45, 2.75) is 51.0 Å². The highest BCUT2D eigenvalue weighted by molar-refractivity contribution is 6.42. The molecule has 0 aliphatic heterocycles. The van der Waals surface area contributed by atoms with Crippen LogP contribution in [0.15, 0.2) is 18.2 Å². The number of nitrogens with one attached hydrogen (secondary N) is 2. The molecular formula is C15H20Cl2N2O. The number of hydrogen-bond donors (Lipinski definition) is 2. The zero-order chi connectivity index (χ0) is 14.4. The third-order valence-electron chi connectivity index (χ3n) is 3.62. The lowest BCUT2D eigenvalue weighted by Gasteiger charge is -2.21. The number of anilines is 1. The highest BCUT2D eigenvalue weighted by Crippen LogP contribution is 2.25. The van der Waals surface area contributed by atoms with Crippen LogP contribution >= 0.6 is 23.2 Å². The van der Waals surface area contributed by atoms with Crippen LogP contribution in [0.5, 0.6) is 0 Å². The molecule has 2 amide bonds. The lowest BCUT2D eigenvalue weighted by molar-refractivity contribution is 0.245. The number of amides is 2. The Morgan fingerprint density at radius 1 is 1.00 bits per heavy atom. The van der Waals surface area contributed by atoms with Gasteiger partial charge >= 0.3 is 6.03 Å². The molecule has 20 heavy (non-hydrogen) atoms. The van der Waals surface area contributed by atoms with Gasteiger partial charge in [-0.15, -0.1) is 0 Å². The topological polar surface area (TPSA) is 41.1 Å². The van der Waals surface area contributed by atoms with Crippen LogP contribution in [-0.2, 0) is 0 Å². The SMILES string of the molecule is O=C(Nc1ccc(Cl)c(Cl)c1)NC1CCCCCCC1. The molecule has 2 rings (SSSR count). The van der Waals surface area contributed by atoms with E-state index in [-0.39, 0.29) is 12.1 Å². The van der Waals surface area contributed by atoms with Crippen molar-refractivity contribution in [2.75, 3.05) is 5.32 Å². The first-order valence-electron chi connectivity index (χ1n) is 7.18. The van der Waals surface area contributed by atoms with Gasteiger partial charge in [-0.05, 0) is 31.0 Å².